The van der Waals surface area contributed by atoms with Gasteiger partial charge in [-0.05, 0) is 36.6 Å². The Morgan fingerprint density at radius 3 is 2.71 bits per heavy atom. The van der Waals surface area contributed by atoms with Crippen LogP contribution < -0.4 is 11.1 Å². The molecule has 0 aromatic heterocycles. The summed E-state index contributed by atoms with van der Waals surface area (Å²) >= 11 is 5.96. The molecule has 0 amide bonds. The summed E-state index contributed by atoms with van der Waals surface area (Å²) in [7, 11) is 0. The molecule has 0 fully saturated rings. The predicted molar refractivity (Wildman–Crippen MR) is 76.3 cm³/mol. The number of halogens is 1. The van der Waals surface area contributed by atoms with Gasteiger partial charge in [-0.25, -0.2) is 0 Å². The Morgan fingerprint density at radius 1 is 1.29 bits per heavy atom. The predicted octanol–water partition coefficient (Wildman–Crippen LogP) is 3.84. The van der Waals surface area contributed by atoms with Gasteiger partial charge in [-0.15, -0.1) is 0 Å². The van der Waals surface area contributed by atoms with E-state index in [1.807, 2.05) is 18.2 Å². The second kappa shape index (κ2) is 7.57. The van der Waals surface area contributed by atoms with Gasteiger partial charge in [-0.1, -0.05) is 44.4 Å². The largest absolute Gasteiger partial charge is 0.398 e. The highest BCUT2D eigenvalue weighted by atomic mass is 35.5. The molecule has 0 unspecified atom stereocenters. The van der Waals surface area contributed by atoms with E-state index < -0.39 is 0 Å². The molecule has 96 valence electrons. The van der Waals surface area contributed by atoms with Crippen molar-refractivity contribution in [3.63, 3.8) is 0 Å². The second-order valence-corrected chi connectivity index (χ2v) is 5.33. The molecule has 0 heterocycles. The van der Waals surface area contributed by atoms with E-state index >= 15 is 0 Å². The van der Waals surface area contributed by atoms with Crippen molar-refractivity contribution in [3.8, 4) is 0 Å². The molecule has 17 heavy (non-hydrogen) atoms. The van der Waals surface area contributed by atoms with Crippen LogP contribution in [0.3, 0.4) is 0 Å². The fourth-order valence-electron chi connectivity index (χ4n) is 1.72. The van der Waals surface area contributed by atoms with Crippen LogP contribution in [0.1, 0.15) is 38.7 Å². The summed E-state index contributed by atoms with van der Waals surface area (Å²) in [6.07, 6.45) is 3.85. The summed E-state index contributed by atoms with van der Waals surface area (Å²) in [5, 5.41) is 4.07. The Hall–Kier alpha value is -0.730. The molecule has 0 saturated heterocycles. The first-order chi connectivity index (χ1) is 8.09. The third-order valence-electron chi connectivity index (χ3n) is 2.78. The van der Waals surface area contributed by atoms with E-state index in [-0.39, 0.29) is 0 Å². The van der Waals surface area contributed by atoms with Crippen molar-refractivity contribution < 1.29 is 0 Å². The first-order valence-corrected chi connectivity index (χ1v) is 6.72. The monoisotopic (exact) mass is 254 g/mol. The van der Waals surface area contributed by atoms with Crippen molar-refractivity contribution in [2.24, 2.45) is 5.92 Å². The first kappa shape index (κ1) is 14.3. The SMILES string of the molecule is CC(C)CCCCNCc1ccc(N)c(Cl)c1. The zero-order valence-electron chi connectivity index (χ0n) is 10.8. The average Bonchev–Trinajstić information content (AvgIpc) is 2.27. The number of nitrogens with one attached hydrogen (secondary N) is 1. The summed E-state index contributed by atoms with van der Waals surface area (Å²) in [6.45, 7) is 6.46. The maximum absolute atomic E-state index is 5.96. The van der Waals surface area contributed by atoms with E-state index in [0.29, 0.717) is 10.7 Å². The van der Waals surface area contributed by atoms with Crippen molar-refractivity contribution in [1.82, 2.24) is 5.32 Å². The molecule has 0 aliphatic carbocycles. The number of unbranched alkanes of at least 4 members (excludes halogenated alkanes) is 1. The van der Waals surface area contributed by atoms with Crippen LogP contribution in [0.4, 0.5) is 5.69 Å². The minimum Gasteiger partial charge on any atom is -0.398 e. The molecule has 3 N–H and O–H groups in total. The lowest BCUT2D eigenvalue weighted by Gasteiger charge is -2.07. The second-order valence-electron chi connectivity index (χ2n) is 4.92. The molecule has 0 saturated carbocycles. The van der Waals surface area contributed by atoms with Crippen LogP contribution in [0.15, 0.2) is 18.2 Å². The summed E-state index contributed by atoms with van der Waals surface area (Å²) < 4.78 is 0. The van der Waals surface area contributed by atoms with Gasteiger partial charge in [0.1, 0.15) is 0 Å². The molecular formula is C14H23ClN2. The van der Waals surface area contributed by atoms with E-state index in [1.165, 1.54) is 24.8 Å². The van der Waals surface area contributed by atoms with E-state index in [1.54, 1.807) is 0 Å². The van der Waals surface area contributed by atoms with Gasteiger partial charge in [-0.3, -0.25) is 0 Å². The zero-order valence-corrected chi connectivity index (χ0v) is 11.6. The molecule has 0 spiro atoms. The van der Waals surface area contributed by atoms with E-state index in [4.69, 9.17) is 17.3 Å². The third-order valence-corrected chi connectivity index (χ3v) is 3.11. The highest BCUT2D eigenvalue weighted by Crippen LogP contribution is 2.19. The summed E-state index contributed by atoms with van der Waals surface area (Å²) in [5.74, 6) is 0.811. The molecule has 0 atom stereocenters. The van der Waals surface area contributed by atoms with E-state index in [0.717, 1.165) is 19.0 Å². The smallest absolute Gasteiger partial charge is 0.0638 e. The van der Waals surface area contributed by atoms with Crippen molar-refractivity contribution in [2.45, 2.75) is 39.7 Å². The molecule has 0 aliphatic rings. The molecule has 0 aliphatic heterocycles. The minimum absolute atomic E-state index is 0.643. The lowest BCUT2D eigenvalue weighted by Crippen LogP contribution is -2.14. The van der Waals surface area contributed by atoms with Crippen LogP contribution in [0.2, 0.25) is 5.02 Å². The van der Waals surface area contributed by atoms with Gasteiger partial charge in [0.25, 0.3) is 0 Å². The molecule has 3 heteroatoms. The summed E-state index contributed by atoms with van der Waals surface area (Å²) in [6, 6.07) is 5.80. The Labute approximate surface area is 110 Å². The van der Waals surface area contributed by atoms with Crippen LogP contribution in [0, 0.1) is 5.92 Å². The van der Waals surface area contributed by atoms with E-state index in [9.17, 15) is 0 Å². The molecule has 0 bridgehead atoms. The van der Waals surface area contributed by atoms with Crippen molar-refractivity contribution in [1.29, 1.82) is 0 Å². The van der Waals surface area contributed by atoms with Gasteiger partial charge < -0.3 is 11.1 Å². The lowest BCUT2D eigenvalue weighted by molar-refractivity contribution is 0.520. The number of hydrogen-bond acceptors (Lipinski definition) is 2. The molecule has 1 rings (SSSR count). The Morgan fingerprint density at radius 2 is 2.06 bits per heavy atom. The van der Waals surface area contributed by atoms with Crippen molar-refractivity contribution in [3.05, 3.63) is 28.8 Å². The number of nitrogen functional groups attached to an aromatic ring is 1. The number of hydrogen-bond donors (Lipinski definition) is 2. The summed E-state index contributed by atoms with van der Waals surface area (Å²) in [4.78, 5) is 0. The quantitative estimate of drug-likeness (QED) is 0.573. The van der Waals surface area contributed by atoms with Gasteiger partial charge in [0.15, 0.2) is 0 Å². The fraction of sp³-hybridized carbons (Fsp3) is 0.571. The highest BCUT2D eigenvalue weighted by Gasteiger charge is 1.98. The number of benzene rings is 1. The Kier molecular flexibility index (Phi) is 6.38. The van der Waals surface area contributed by atoms with Crippen molar-refractivity contribution in [2.75, 3.05) is 12.3 Å². The van der Waals surface area contributed by atoms with Crippen LogP contribution in [-0.4, -0.2) is 6.54 Å². The molecule has 2 nitrogen and oxygen atoms in total. The van der Waals surface area contributed by atoms with Gasteiger partial charge in [0.05, 0.1) is 10.7 Å². The molecular weight excluding hydrogens is 232 g/mol. The fourth-order valence-corrected chi connectivity index (χ4v) is 1.92. The summed E-state index contributed by atoms with van der Waals surface area (Å²) in [5.41, 5.74) is 7.49. The van der Waals surface area contributed by atoms with Crippen molar-refractivity contribution >= 4 is 17.3 Å². The van der Waals surface area contributed by atoms with E-state index in [2.05, 4.69) is 19.2 Å². The van der Waals surface area contributed by atoms with Gasteiger partial charge in [0.2, 0.25) is 0 Å². The number of nitrogens with two attached hydrogens (primary N) is 1. The normalized spacial score (nSPS) is 11.1. The molecule has 1 aromatic rings. The lowest BCUT2D eigenvalue weighted by atomic mass is 10.1. The van der Waals surface area contributed by atoms with Crippen LogP contribution in [0.5, 0.6) is 0 Å². The zero-order chi connectivity index (χ0) is 12.7. The number of anilines is 1. The number of rotatable bonds is 7. The maximum atomic E-state index is 5.96. The van der Waals surface area contributed by atoms with Crippen LogP contribution in [-0.2, 0) is 6.54 Å². The minimum atomic E-state index is 0.643. The highest BCUT2D eigenvalue weighted by molar-refractivity contribution is 6.33. The molecule has 0 radical (unpaired) electrons. The molecule has 1 aromatic carbocycles. The Balaban J connectivity index is 2.16. The van der Waals surface area contributed by atoms with Crippen LogP contribution in [0.25, 0.3) is 0 Å². The van der Waals surface area contributed by atoms with Gasteiger partial charge in [-0.2, -0.15) is 0 Å². The topological polar surface area (TPSA) is 38.0 Å². The average molecular weight is 255 g/mol. The van der Waals surface area contributed by atoms with Gasteiger partial charge >= 0.3 is 0 Å². The third kappa shape index (κ3) is 5.94. The first-order valence-electron chi connectivity index (χ1n) is 6.34. The maximum Gasteiger partial charge on any atom is 0.0638 e. The standard InChI is InChI=1S/C14H23ClN2/c1-11(2)5-3-4-8-17-10-12-6-7-14(16)13(15)9-12/h6-7,9,11,17H,3-5,8,10,16H2,1-2H3. The van der Waals surface area contributed by atoms with Gasteiger partial charge in [0, 0.05) is 6.54 Å². The van der Waals surface area contributed by atoms with Crippen LogP contribution >= 0.6 is 11.6 Å². The Bertz CT molecular complexity index is 337.